The summed E-state index contributed by atoms with van der Waals surface area (Å²) in [6, 6.07) is 6.75. The van der Waals surface area contributed by atoms with Gasteiger partial charge in [0.2, 0.25) is 0 Å². The molecule has 1 aromatic carbocycles. The lowest BCUT2D eigenvalue weighted by Crippen LogP contribution is -2.21. The third-order valence-electron chi connectivity index (χ3n) is 2.97. The first kappa shape index (κ1) is 15.9. The minimum atomic E-state index is -0.348. The standard InChI is InChI=1S/C14H16ClN3O2S/c1-8(2)18-13(20)16-17-14(18)21-9(3)12(19)10-4-6-11(15)7-5-10/h4-9H,1-3H3,(H,16,20). The summed E-state index contributed by atoms with van der Waals surface area (Å²) in [5.74, 6) is -0.0255. The number of Topliss-reactive ketones (excluding diaryl/α,β-unsaturated/α-hetero) is 1. The highest BCUT2D eigenvalue weighted by atomic mass is 35.5. The third kappa shape index (κ3) is 3.57. The number of aromatic nitrogens is 3. The molecule has 0 saturated carbocycles. The Morgan fingerprint density at radius 3 is 2.48 bits per heavy atom. The van der Waals surface area contributed by atoms with E-state index in [-0.39, 0.29) is 22.8 Å². The lowest BCUT2D eigenvalue weighted by atomic mass is 10.1. The van der Waals surface area contributed by atoms with E-state index < -0.39 is 0 Å². The summed E-state index contributed by atoms with van der Waals surface area (Å²) in [7, 11) is 0. The van der Waals surface area contributed by atoms with Crippen molar-refractivity contribution in [1.82, 2.24) is 14.8 Å². The average Bonchev–Trinajstić information content (AvgIpc) is 2.79. The highest BCUT2D eigenvalue weighted by molar-refractivity contribution is 8.00. The summed E-state index contributed by atoms with van der Waals surface area (Å²) in [4.78, 5) is 24.0. The predicted octanol–water partition coefficient (Wildman–Crippen LogP) is 3.17. The minimum absolute atomic E-state index is 0.0171. The Morgan fingerprint density at radius 1 is 1.29 bits per heavy atom. The van der Waals surface area contributed by atoms with Gasteiger partial charge in [-0.25, -0.2) is 9.89 Å². The normalized spacial score (nSPS) is 12.6. The number of hydrogen-bond donors (Lipinski definition) is 1. The summed E-state index contributed by atoms with van der Waals surface area (Å²) in [6.45, 7) is 5.59. The number of nitrogens with zero attached hydrogens (tertiary/aromatic N) is 2. The minimum Gasteiger partial charge on any atom is -0.293 e. The number of nitrogens with one attached hydrogen (secondary N) is 1. The van der Waals surface area contributed by atoms with Gasteiger partial charge in [0.25, 0.3) is 0 Å². The molecule has 7 heteroatoms. The average molecular weight is 326 g/mol. The Morgan fingerprint density at radius 2 is 1.90 bits per heavy atom. The van der Waals surface area contributed by atoms with E-state index in [0.717, 1.165) is 0 Å². The van der Waals surface area contributed by atoms with Crippen LogP contribution in [0.2, 0.25) is 5.02 Å². The molecular formula is C14H16ClN3O2S. The van der Waals surface area contributed by atoms with E-state index in [2.05, 4.69) is 10.2 Å². The van der Waals surface area contributed by atoms with Gasteiger partial charge in [0.05, 0.1) is 5.25 Å². The molecule has 0 fully saturated rings. The zero-order chi connectivity index (χ0) is 15.6. The van der Waals surface area contributed by atoms with Crippen molar-refractivity contribution < 1.29 is 4.79 Å². The van der Waals surface area contributed by atoms with Gasteiger partial charge in [-0.05, 0) is 45.0 Å². The molecule has 0 amide bonds. The number of H-pyrrole nitrogens is 1. The summed E-state index contributed by atoms with van der Waals surface area (Å²) in [5, 5.41) is 7.16. The molecule has 1 aromatic heterocycles. The van der Waals surface area contributed by atoms with E-state index in [1.54, 1.807) is 31.2 Å². The molecule has 0 radical (unpaired) electrons. The van der Waals surface area contributed by atoms with Crippen molar-refractivity contribution >= 4 is 29.1 Å². The van der Waals surface area contributed by atoms with E-state index in [9.17, 15) is 9.59 Å². The number of hydrogen-bond acceptors (Lipinski definition) is 4. The van der Waals surface area contributed by atoms with Gasteiger partial charge in [-0.1, -0.05) is 23.4 Å². The maximum Gasteiger partial charge on any atom is 0.344 e. The molecular weight excluding hydrogens is 310 g/mol. The fourth-order valence-electron chi connectivity index (χ4n) is 1.89. The molecule has 2 rings (SSSR count). The second-order valence-electron chi connectivity index (χ2n) is 4.91. The molecule has 1 atom stereocenters. The largest absolute Gasteiger partial charge is 0.344 e. The van der Waals surface area contributed by atoms with E-state index in [0.29, 0.717) is 15.7 Å². The van der Waals surface area contributed by atoms with Crippen molar-refractivity contribution in [1.29, 1.82) is 0 Å². The molecule has 5 nitrogen and oxygen atoms in total. The second kappa shape index (κ2) is 6.49. The molecule has 21 heavy (non-hydrogen) atoms. The Bertz CT molecular complexity index is 691. The Balaban J connectivity index is 2.18. The van der Waals surface area contributed by atoms with Crippen LogP contribution in [0.25, 0.3) is 0 Å². The number of benzene rings is 1. The zero-order valence-corrected chi connectivity index (χ0v) is 13.5. The summed E-state index contributed by atoms with van der Waals surface area (Å²) < 4.78 is 1.54. The van der Waals surface area contributed by atoms with Gasteiger partial charge in [-0.2, -0.15) is 0 Å². The fourth-order valence-corrected chi connectivity index (χ4v) is 3.08. The molecule has 0 aliphatic carbocycles. The highest BCUT2D eigenvalue weighted by Gasteiger charge is 2.21. The van der Waals surface area contributed by atoms with Crippen molar-refractivity contribution in [2.45, 2.75) is 37.2 Å². The molecule has 112 valence electrons. The van der Waals surface area contributed by atoms with E-state index in [4.69, 9.17) is 11.6 Å². The van der Waals surface area contributed by atoms with Crippen molar-refractivity contribution in [3.63, 3.8) is 0 Å². The first-order valence-corrected chi connectivity index (χ1v) is 7.79. The number of rotatable bonds is 5. The molecule has 1 heterocycles. The van der Waals surface area contributed by atoms with Crippen LogP contribution < -0.4 is 5.69 Å². The number of carbonyl (C=O) groups is 1. The third-order valence-corrected chi connectivity index (χ3v) is 4.29. The van der Waals surface area contributed by atoms with Gasteiger partial charge in [0, 0.05) is 16.6 Å². The lowest BCUT2D eigenvalue weighted by molar-refractivity contribution is 0.0994. The van der Waals surface area contributed by atoms with Gasteiger partial charge in [0.1, 0.15) is 0 Å². The smallest absolute Gasteiger partial charge is 0.293 e. The molecule has 1 unspecified atom stereocenters. The first-order valence-electron chi connectivity index (χ1n) is 6.53. The maximum absolute atomic E-state index is 12.4. The number of thioether (sulfide) groups is 1. The van der Waals surface area contributed by atoms with Crippen LogP contribution in [0.5, 0.6) is 0 Å². The SMILES string of the molecule is CC(Sc1n[nH]c(=O)n1C(C)C)C(=O)c1ccc(Cl)cc1. The van der Waals surface area contributed by atoms with Crippen molar-refractivity contribution in [2.24, 2.45) is 0 Å². The van der Waals surface area contributed by atoms with Gasteiger partial charge >= 0.3 is 5.69 Å². The lowest BCUT2D eigenvalue weighted by Gasteiger charge is -2.12. The topological polar surface area (TPSA) is 67.8 Å². The number of carbonyl (C=O) groups excluding carboxylic acids is 1. The quantitative estimate of drug-likeness (QED) is 0.677. The van der Waals surface area contributed by atoms with Crippen LogP contribution in [0, 0.1) is 0 Å². The monoisotopic (exact) mass is 325 g/mol. The van der Waals surface area contributed by atoms with Crippen LogP contribution in [-0.4, -0.2) is 25.8 Å². The molecule has 2 aromatic rings. The number of aromatic amines is 1. The molecule has 0 aliphatic heterocycles. The van der Waals surface area contributed by atoms with Crippen LogP contribution in [0.3, 0.4) is 0 Å². The van der Waals surface area contributed by atoms with Crippen LogP contribution in [0.1, 0.15) is 37.2 Å². The van der Waals surface area contributed by atoms with Crippen LogP contribution >= 0.6 is 23.4 Å². The van der Waals surface area contributed by atoms with E-state index in [1.165, 1.54) is 16.3 Å². The number of halogens is 1. The van der Waals surface area contributed by atoms with Crippen LogP contribution in [0.4, 0.5) is 0 Å². The highest BCUT2D eigenvalue weighted by Crippen LogP contribution is 2.25. The molecule has 0 bridgehead atoms. The van der Waals surface area contributed by atoms with Crippen molar-refractivity contribution in [2.75, 3.05) is 0 Å². The van der Waals surface area contributed by atoms with Gasteiger partial charge < -0.3 is 0 Å². The number of ketones is 1. The van der Waals surface area contributed by atoms with Crippen LogP contribution in [0.15, 0.2) is 34.2 Å². The predicted molar refractivity (Wildman–Crippen MR) is 84.3 cm³/mol. The second-order valence-corrected chi connectivity index (χ2v) is 6.65. The fraction of sp³-hybridized carbons (Fsp3) is 0.357. The van der Waals surface area contributed by atoms with Crippen LogP contribution in [-0.2, 0) is 0 Å². The Labute approximate surface area is 131 Å². The van der Waals surface area contributed by atoms with E-state index >= 15 is 0 Å². The molecule has 0 spiro atoms. The molecule has 0 saturated heterocycles. The summed E-state index contributed by atoms with van der Waals surface area (Å²) >= 11 is 7.08. The van der Waals surface area contributed by atoms with Gasteiger partial charge in [-0.15, -0.1) is 5.10 Å². The summed E-state index contributed by atoms with van der Waals surface area (Å²) in [5.41, 5.74) is 0.326. The van der Waals surface area contributed by atoms with Gasteiger partial charge in [0.15, 0.2) is 10.9 Å². The van der Waals surface area contributed by atoms with Gasteiger partial charge in [-0.3, -0.25) is 9.36 Å². The molecule has 1 N–H and O–H groups in total. The Hall–Kier alpha value is -1.53. The maximum atomic E-state index is 12.4. The Kier molecular flexibility index (Phi) is 4.90. The zero-order valence-electron chi connectivity index (χ0n) is 12.0. The molecule has 0 aliphatic rings. The van der Waals surface area contributed by atoms with E-state index in [1.807, 2.05) is 13.8 Å². The first-order chi connectivity index (χ1) is 9.90. The van der Waals surface area contributed by atoms with Crippen molar-refractivity contribution in [3.05, 3.63) is 45.3 Å². The van der Waals surface area contributed by atoms with Crippen molar-refractivity contribution in [3.8, 4) is 0 Å². The summed E-state index contributed by atoms with van der Waals surface area (Å²) in [6.07, 6.45) is 0.